The number of hydrogen-bond donors (Lipinski definition) is 0. The minimum atomic E-state index is -3.82. The first-order valence-electron chi connectivity index (χ1n) is 9.43. The van der Waals surface area contributed by atoms with Crippen LogP contribution in [0.15, 0.2) is 29.2 Å². The maximum atomic E-state index is 12.9. The van der Waals surface area contributed by atoms with Gasteiger partial charge in [0.1, 0.15) is 0 Å². The molecule has 3 rings (SSSR count). The van der Waals surface area contributed by atoms with Crippen LogP contribution in [-0.4, -0.2) is 40.9 Å². The molecule has 146 valence electrons. The van der Waals surface area contributed by atoms with Gasteiger partial charge in [0.2, 0.25) is 0 Å². The molecule has 0 radical (unpaired) electrons. The molecular weight excluding hydrogens is 352 g/mol. The highest BCUT2D eigenvalue weighted by Crippen LogP contribution is 2.41. The van der Waals surface area contributed by atoms with E-state index in [0.717, 1.165) is 38.0 Å². The number of rotatable bonds is 7. The van der Waals surface area contributed by atoms with Crippen LogP contribution in [-0.2, 0) is 23.8 Å². The van der Waals surface area contributed by atoms with E-state index in [1.165, 1.54) is 0 Å². The highest BCUT2D eigenvalue weighted by Gasteiger charge is 2.43. The Bertz CT molecular complexity index is 683. The topological polar surface area (TPSA) is 61.8 Å². The van der Waals surface area contributed by atoms with Crippen LogP contribution in [0.2, 0.25) is 0 Å². The van der Waals surface area contributed by atoms with Crippen LogP contribution in [0.5, 0.6) is 0 Å². The van der Waals surface area contributed by atoms with Crippen molar-refractivity contribution in [1.29, 1.82) is 0 Å². The van der Waals surface area contributed by atoms with E-state index in [0.29, 0.717) is 19.1 Å². The van der Waals surface area contributed by atoms with Crippen molar-refractivity contribution >= 4 is 10.1 Å². The smallest absolute Gasteiger partial charge is 0.297 e. The minimum Gasteiger partial charge on any atom is -0.381 e. The summed E-state index contributed by atoms with van der Waals surface area (Å²) in [5, 5.41) is 0. The molecule has 5 nitrogen and oxygen atoms in total. The van der Waals surface area contributed by atoms with E-state index in [9.17, 15) is 8.42 Å². The van der Waals surface area contributed by atoms with Gasteiger partial charge in [-0.25, -0.2) is 0 Å². The van der Waals surface area contributed by atoms with Crippen LogP contribution in [0, 0.1) is 24.2 Å². The Morgan fingerprint density at radius 2 is 1.77 bits per heavy atom. The summed E-state index contributed by atoms with van der Waals surface area (Å²) in [6, 6.07) is 6.82. The molecule has 3 unspecified atom stereocenters. The average molecular weight is 383 g/mol. The molecule has 6 heteroatoms. The van der Waals surface area contributed by atoms with Crippen LogP contribution in [0.1, 0.15) is 38.7 Å². The van der Waals surface area contributed by atoms with Crippen LogP contribution in [0.4, 0.5) is 0 Å². The van der Waals surface area contributed by atoms with Crippen molar-refractivity contribution in [2.75, 3.05) is 26.4 Å². The van der Waals surface area contributed by atoms with Crippen molar-refractivity contribution in [3.8, 4) is 0 Å². The van der Waals surface area contributed by atoms with Gasteiger partial charge < -0.3 is 9.47 Å². The lowest BCUT2D eigenvalue weighted by molar-refractivity contribution is 0.00760. The molecule has 3 atom stereocenters. The van der Waals surface area contributed by atoms with Gasteiger partial charge in [-0.15, -0.1) is 0 Å². The van der Waals surface area contributed by atoms with Crippen LogP contribution in [0.3, 0.4) is 0 Å². The Morgan fingerprint density at radius 1 is 1.12 bits per heavy atom. The van der Waals surface area contributed by atoms with Crippen molar-refractivity contribution < 1.29 is 22.1 Å². The molecule has 1 aromatic carbocycles. The quantitative estimate of drug-likeness (QED) is 0.675. The maximum Gasteiger partial charge on any atom is 0.297 e. The Morgan fingerprint density at radius 3 is 2.35 bits per heavy atom. The third-order valence-corrected chi connectivity index (χ3v) is 6.85. The summed E-state index contributed by atoms with van der Waals surface area (Å²) in [4.78, 5) is 0.215. The van der Waals surface area contributed by atoms with E-state index >= 15 is 0 Å². The molecule has 26 heavy (non-hydrogen) atoms. The molecule has 0 saturated carbocycles. The summed E-state index contributed by atoms with van der Waals surface area (Å²) in [7, 11) is -3.82. The molecule has 2 aliphatic rings. The summed E-state index contributed by atoms with van der Waals surface area (Å²) >= 11 is 0. The molecule has 0 amide bonds. The summed E-state index contributed by atoms with van der Waals surface area (Å²) in [5.41, 5.74) is 0.736. The van der Waals surface area contributed by atoms with Gasteiger partial charge in [0, 0.05) is 25.7 Å². The maximum absolute atomic E-state index is 12.9. The van der Waals surface area contributed by atoms with E-state index in [2.05, 4.69) is 13.8 Å². The van der Waals surface area contributed by atoms with Crippen LogP contribution < -0.4 is 0 Å². The fourth-order valence-electron chi connectivity index (χ4n) is 4.14. The first kappa shape index (κ1) is 19.8. The Labute approximate surface area is 157 Å². The van der Waals surface area contributed by atoms with Crippen molar-refractivity contribution in [2.45, 2.75) is 51.0 Å². The minimum absolute atomic E-state index is 0.0903. The normalized spacial score (nSPS) is 25.5. The van der Waals surface area contributed by atoms with Gasteiger partial charge in [-0.3, -0.25) is 4.18 Å². The lowest BCUT2D eigenvalue weighted by atomic mass is 9.73. The van der Waals surface area contributed by atoms with E-state index in [1.54, 1.807) is 24.3 Å². The van der Waals surface area contributed by atoms with Gasteiger partial charge in [-0.1, -0.05) is 31.5 Å². The van der Waals surface area contributed by atoms with Gasteiger partial charge in [0.05, 0.1) is 17.6 Å². The lowest BCUT2D eigenvalue weighted by Crippen LogP contribution is -2.41. The fraction of sp³-hybridized carbons (Fsp3) is 0.700. The van der Waals surface area contributed by atoms with E-state index in [1.807, 2.05) is 6.92 Å². The third kappa shape index (κ3) is 4.66. The third-order valence-electron chi connectivity index (χ3n) is 5.54. The summed E-state index contributed by atoms with van der Waals surface area (Å²) in [6.07, 6.45) is 2.34. The van der Waals surface area contributed by atoms with Gasteiger partial charge in [0.25, 0.3) is 10.1 Å². The number of ether oxygens (including phenoxy) is 2. The predicted octanol–water partition coefficient (Wildman–Crippen LogP) is 3.56. The Balaban J connectivity index is 1.82. The van der Waals surface area contributed by atoms with Gasteiger partial charge >= 0.3 is 0 Å². The molecule has 0 aromatic heterocycles. The predicted molar refractivity (Wildman–Crippen MR) is 99.5 cm³/mol. The zero-order chi connectivity index (χ0) is 18.8. The number of hydrogen-bond acceptors (Lipinski definition) is 5. The van der Waals surface area contributed by atoms with Crippen molar-refractivity contribution in [2.24, 2.45) is 17.3 Å². The Kier molecular flexibility index (Phi) is 6.07. The molecule has 2 heterocycles. The zero-order valence-electron chi connectivity index (χ0n) is 15.9. The van der Waals surface area contributed by atoms with Crippen molar-refractivity contribution in [1.82, 2.24) is 0 Å². The molecular formula is C20H30O5S. The molecule has 2 fully saturated rings. The van der Waals surface area contributed by atoms with E-state index in [4.69, 9.17) is 13.7 Å². The van der Waals surface area contributed by atoms with Crippen LogP contribution >= 0.6 is 0 Å². The highest BCUT2D eigenvalue weighted by atomic mass is 32.2. The molecule has 0 N–H and O–H groups in total. The molecule has 0 spiro atoms. The second-order valence-corrected chi connectivity index (χ2v) is 9.90. The largest absolute Gasteiger partial charge is 0.381 e. The molecule has 2 saturated heterocycles. The van der Waals surface area contributed by atoms with Gasteiger partial charge in [-0.2, -0.15) is 8.42 Å². The standard InChI is InChI=1S/C20H30O5S/c1-15-4-6-18(7-5-15)26(21,22)25-19(17-9-11-24-14-17)20(2,3)12-16-8-10-23-13-16/h4-7,16-17,19H,8-14H2,1-3H3. The van der Waals surface area contributed by atoms with Gasteiger partial charge in [0.15, 0.2) is 0 Å². The summed E-state index contributed by atoms with van der Waals surface area (Å²) in [5.74, 6) is 0.549. The van der Waals surface area contributed by atoms with Crippen molar-refractivity contribution in [3.05, 3.63) is 29.8 Å². The monoisotopic (exact) mass is 382 g/mol. The second kappa shape index (κ2) is 7.97. The summed E-state index contributed by atoms with van der Waals surface area (Å²) < 4.78 is 42.7. The van der Waals surface area contributed by atoms with E-state index < -0.39 is 16.2 Å². The fourth-order valence-corrected chi connectivity index (χ4v) is 5.41. The Hall–Kier alpha value is -0.950. The molecule has 2 aliphatic heterocycles. The highest BCUT2D eigenvalue weighted by molar-refractivity contribution is 7.86. The average Bonchev–Trinajstić information content (AvgIpc) is 3.26. The molecule has 0 bridgehead atoms. The SMILES string of the molecule is Cc1ccc(S(=O)(=O)OC(C2CCOC2)C(C)(C)CC2CCOC2)cc1. The first-order chi connectivity index (χ1) is 12.3. The number of aryl methyl sites for hydroxylation is 1. The summed E-state index contributed by atoms with van der Waals surface area (Å²) in [6.45, 7) is 8.92. The molecule has 0 aliphatic carbocycles. The molecule has 1 aromatic rings. The zero-order valence-corrected chi connectivity index (χ0v) is 16.8. The second-order valence-electron chi connectivity index (χ2n) is 8.33. The van der Waals surface area contributed by atoms with Gasteiger partial charge in [-0.05, 0) is 49.7 Å². The van der Waals surface area contributed by atoms with E-state index in [-0.39, 0.29) is 16.2 Å². The first-order valence-corrected chi connectivity index (χ1v) is 10.8. The lowest BCUT2D eigenvalue weighted by Gasteiger charge is -2.38. The number of benzene rings is 1. The van der Waals surface area contributed by atoms with Crippen LogP contribution in [0.25, 0.3) is 0 Å². The van der Waals surface area contributed by atoms with Crippen molar-refractivity contribution in [3.63, 3.8) is 0 Å².